The van der Waals surface area contributed by atoms with Crippen LogP contribution in [0.1, 0.15) is 59.4 Å². The lowest BCUT2D eigenvalue weighted by Crippen LogP contribution is -2.44. The second-order valence-corrected chi connectivity index (χ2v) is 9.49. The number of ether oxygens (including phenoxy) is 1. The number of hydrogen-bond acceptors (Lipinski definition) is 5. The van der Waals surface area contributed by atoms with Crippen molar-refractivity contribution in [3.63, 3.8) is 0 Å². The number of nitrogens with zero attached hydrogens (tertiary/aromatic N) is 1. The molecule has 1 aromatic carbocycles. The van der Waals surface area contributed by atoms with Gasteiger partial charge in [-0.3, -0.25) is 9.59 Å². The number of anilines is 1. The highest BCUT2D eigenvalue weighted by Gasteiger charge is 2.22. The van der Waals surface area contributed by atoms with Gasteiger partial charge in [0.05, 0.1) is 0 Å². The van der Waals surface area contributed by atoms with Crippen LogP contribution < -0.4 is 21.7 Å². The van der Waals surface area contributed by atoms with E-state index in [0.717, 1.165) is 5.56 Å². The number of amides is 5. The van der Waals surface area contributed by atoms with Gasteiger partial charge in [-0.05, 0) is 49.3 Å². The van der Waals surface area contributed by atoms with E-state index in [9.17, 15) is 19.2 Å². The molecule has 196 valence electrons. The molecule has 5 N–H and O–H groups in total. The Hall–Kier alpha value is -3.30. The maximum atomic E-state index is 12.8. The van der Waals surface area contributed by atoms with E-state index in [0.29, 0.717) is 37.4 Å². The zero-order chi connectivity index (χ0) is 26.5. The summed E-state index contributed by atoms with van der Waals surface area (Å²) in [7, 11) is 1.71. The predicted molar refractivity (Wildman–Crippen MR) is 136 cm³/mol. The molecule has 0 bridgehead atoms. The number of benzene rings is 1. The first-order chi connectivity index (χ1) is 16.4. The van der Waals surface area contributed by atoms with Gasteiger partial charge >= 0.3 is 12.1 Å². The number of nitrogens with one attached hydrogen (secondary N) is 3. The summed E-state index contributed by atoms with van der Waals surface area (Å²) in [6, 6.07) is 5.61. The van der Waals surface area contributed by atoms with Gasteiger partial charge in [-0.15, -0.1) is 0 Å². The minimum Gasteiger partial charge on any atom is -0.445 e. The fraction of sp³-hybridized carbons (Fsp3) is 0.600. The molecular formula is C25H41N5O5. The number of hydrogen-bond donors (Lipinski definition) is 4. The van der Waals surface area contributed by atoms with Crippen LogP contribution in [0.4, 0.5) is 15.3 Å². The first kappa shape index (κ1) is 29.7. The minimum absolute atomic E-state index is 0.0561. The van der Waals surface area contributed by atoms with Crippen LogP contribution in [-0.2, 0) is 20.9 Å². The summed E-state index contributed by atoms with van der Waals surface area (Å²) < 4.78 is 5.38. The quantitative estimate of drug-likeness (QED) is 0.313. The first-order valence-corrected chi connectivity index (χ1v) is 12.0. The van der Waals surface area contributed by atoms with Gasteiger partial charge in [0.1, 0.15) is 12.6 Å². The van der Waals surface area contributed by atoms with Gasteiger partial charge in [0.25, 0.3) is 0 Å². The molecule has 0 heterocycles. The summed E-state index contributed by atoms with van der Waals surface area (Å²) in [5, 5.41) is 8.05. The number of nitrogens with two attached hydrogens (primary N) is 1. The Morgan fingerprint density at radius 2 is 1.66 bits per heavy atom. The van der Waals surface area contributed by atoms with E-state index in [4.69, 9.17) is 10.5 Å². The smallest absolute Gasteiger partial charge is 0.410 e. The zero-order valence-electron chi connectivity index (χ0n) is 21.7. The number of urea groups is 1. The Balaban J connectivity index is 2.69. The lowest BCUT2D eigenvalue weighted by atomic mass is 10.1. The predicted octanol–water partition coefficient (Wildman–Crippen LogP) is 3.22. The second-order valence-electron chi connectivity index (χ2n) is 9.49. The summed E-state index contributed by atoms with van der Waals surface area (Å²) in [5.74, 6) is -0.0966. The van der Waals surface area contributed by atoms with Gasteiger partial charge in [-0.2, -0.15) is 0 Å². The lowest BCUT2D eigenvalue weighted by molar-refractivity contribution is -0.127. The van der Waals surface area contributed by atoms with Crippen molar-refractivity contribution < 1.29 is 23.9 Å². The highest BCUT2D eigenvalue weighted by atomic mass is 16.6. The van der Waals surface area contributed by atoms with Crippen molar-refractivity contribution in [3.05, 3.63) is 29.8 Å². The second kappa shape index (κ2) is 14.9. The van der Waals surface area contributed by atoms with Crippen molar-refractivity contribution in [1.29, 1.82) is 0 Å². The Kier molecular flexibility index (Phi) is 12.6. The molecular weight excluding hydrogens is 450 g/mol. The molecule has 0 saturated heterocycles. The maximum Gasteiger partial charge on any atom is 0.410 e. The molecule has 0 spiro atoms. The van der Waals surface area contributed by atoms with Crippen LogP contribution in [0, 0.1) is 11.8 Å². The number of carbonyl (C=O) groups is 4. The normalized spacial score (nSPS) is 12.6. The van der Waals surface area contributed by atoms with E-state index in [2.05, 4.69) is 16.0 Å². The summed E-state index contributed by atoms with van der Waals surface area (Å²) in [6.45, 7) is 10.3. The third kappa shape index (κ3) is 11.6. The van der Waals surface area contributed by atoms with Gasteiger partial charge in [0.2, 0.25) is 11.8 Å². The Morgan fingerprint density at radius 1 is 1.03 bits per heavy atom. The van der Waals surface area contributed by atoms with E-state index in [1.54, 1.807) is 36.2 Å². The molecule has 10 nitrogen and oxygen atoms in total. The minimum atomic E-state index is -0.755. The maximum absolute atomic E-state index is 12.8. The molecule has 0 aliphatic carbocycles. The fourth-order valence-corrected chi connectivity index (χ4v) is 3.18. The fourth-order valence-electron chi connectivity index (χ4n) is 3.18. The average Bonchev–Trinajstić information content (AvgIpc) is 2.78. The standard InChI is InChI=1S/C25H41N5O5/c1-16(2)14-22(31)29-21(8-7-13-27-24(26)33)23(32)28-20-11-9-19(10-12-20)15-35-25(34)30(6)18(5)17(3)4/h9-12,16-18,21H,7-8,13-15H2,1-6H3,(H,28,32)(H,29,31)(H3,26,27,33). The van der Waals surface area contributed by atoms with Crippen LogP contribution >= 0.6 is 0 Å². The molecule has 2 unspecified atom stereocenters. The molecule has 0 radical (unpaired) electrons. The lowest BCUT2D eigenvalue weighted by Gasteiger charge is -2.27. The molecule has 35 heavy (non-hydrogen) atoms. The van der Waals surface area contributed by atoms with Gasteiger partial charge in [-0.25, -0.2) is 9.59 Å². The zero-order valence-corrected chi connectivity index (χ0v) is 21.7. The molecule has 10 heteroatoms. The van der Waals surface area contributed by atoms with E-state index in [-0.39, 0.29) is 30.4 Å². The Morgan fingerprint density at radius 3 is 2.20 bits per heavy atom. The summed E-state index contributed by atoms with van der Waals surface area (Å²) in [4.78, 5) is 49.7. The SMILES string of the molecule is CC(C)CC(=O)NC(CCCNC(N)=O)C(=O)Nc1ccc(COC(=O)N(C)C(C)C(C)C)cc1. The van der Waals surface area contributed by atoms with Gasteiger partial charge < -0.3 is 31.3 Å². The summed E-state index contributed by atoms with van der Waals surface area (Å²) >= 11 is 0. The molecule has 0 aromatic heterocycles. The molecule has 0 saturated carbocycles. The monoisotopic (exact) mass is 491 g/mol. The van der Waals surface area contributed by atoms with Crippen LogP contribution in [0.5, 0.6) is 0 Å². The summed E-state index contributed by atoms with van der Waals surface area (Å²) in [5.41, 5.74) is 6.40. The molecule has 5 amide bonds. The van der Waals surface area contributed by atoms with E-state index < -0.39 is 18.2 Å². The molecule has 0 aliphatic heterocycles. The average molecular weight is 492 g/mol. The molecule has 1 rings (SSSR count). The third-order valence-electron chi connectivity index (χ3n) is 5.66. The van der Waals surface area contributed by atoms with Gasteiger partial charge in [0, 0.05) is 31.7 Å². The van der Waals surface area contributed by atoms with Crippen LogP contribution in [0.15, 0.2) is 24.3 Å². The highest BCUT2D eigenvalue weighted by molar-refractivity contribution is 5.97. The van der Waals surface area contributed by atoms with E-state index in [1.165, 1.54) is 0 Å². The highest BCUT2D eigenvalue weighted by Crippen LogP contribution is 2.14. The summed E-state index contributed by atoms with van der Waals surface area (Å²) in [6.07, 6.45) is 0.722. The van der Waals surface area contributed by atoms with E-state index >= 15 is 0 Å². The third-order valence-corrected chi connectivity index (χ3v) is 5.66. The largest absolute Gasteiger partial charge is 0.445 e. The molecule has 2 atom stereocenters. The van der Waals surface area contributed by atoms with Crippen molar-refractivity contribution in [2.75, 3.05) is 18.9 Å². The topological polar surface area (TPSA) is 143 Å². The van der Waals surface area contributed by atoms with Crippen LogP contribution in [0.2, 0.25) is 0 Å². The van der Waals surface area contributed by atoms with Crippen LogP contribution in [0.3, 0.4) is 0 Å². The van der Waals surface area contributed by atoms with Crippen LogP contribution in [0.25, 0.3) is 0 Å². The van der Waals surface area contributed by atoms with Crippen LogP contribution in [-0.4, -0.2) is 54.5 Å². The van der Waals surface area contributed by atoms with E-state index in [1.807, 2.05) is 34.6 Å². The molecule has 0 fully saturated rings. The van der Waals surface area contributed by atoms with Gasteiger partial charge in [-0.1, -0.05) is 39.8 Å². The number of rotatable bonds is 13. The van der Waals surface area contributed by atoms with Crippen molar-refractivity contribution in [3.8, 4) is 0 Å². The van der Waals surface area contributed by atoms with Crippen molar-refractivity contribution in [1.82, 2.24) is 15.5 Å². The van der Waals surface area contributed by atoms with Crippen molar-refractivity contribution in [2.45, 2.75) is 72.6 Å². The number of primary amides is 1. The molecule has 1 aromatic rings. The molecule has 0 aliphatic rings. The first-order valence-electron chi connectivity index (χ1n) is 12.0. The number of carbonyl (C=O) groups excluding carboxylic acids is 4. The Labute approximate surface area is 208 Å². The Bertz CT molecular complexity index is 841. The van der Waals surface area contributed by atoms with Crippen molar-refractivity contribution in [2.24, 2.45) is 17.6 Å². The van der Waals surface area contributed by atoms with Crippen molar-refractivity contribution >= 4 is 29.6 Å². The van der Waals surface area contributed by atoms with Gasteiger partial charge in [0.15, 0.2) is 0 Å².